The van der Waals surface area contributed by atoms with Gasteiger partial charge < -0.3 is 0 Å². The zero-order chi connectivity index (χ0) is 11.8. The first kappa shape index (κ1) is 10.6. The molecule has 0 radical (unpaired) electrons. The molecule has 0 aliphatic carbocycles. The van der Waals surface area contributed by atoms with E-state index < -0.39 is 0 Å². The summed E-state index contributed by atoms with van der Waals surface area (Å²) in [5, 5.41) is 0.869. The molecule has 0 spiro atoms. The van der Waals surface area contributed by atoms with E-state index in [2.05, 4.69) is 13.0 Å². The second-order valence-electron chi connectivity index (χ2n) is 3.98. The fourth-order valence-electron chi connectivity index (χ4n) is 1.92. The van der Waals surface area contributed by atoms with Gasteiger partial charge in [0.2, 0.25) is 0 Å². The molecule has 0 saturated heterocycles. The Bertz CT molecular complexity index is 725. The van der Waals surface area contributed by atoms with Crippen molar-refractivity contribution in [1.82, 2.24) is 3.56 Å². The zero-order valence-corrected chi connectivity index (χ0v) is 11.1. The van der Waals surface area contributed by atoms with Crippen molar-refractivity contribution in [3.8, 4) is 5.69 Å². The van der Waals surface area contributed by atoms with Crippen LogP contribution in [0.1, 0.15) is 5.56 Å². The van der Waals surface area contributed by atoms with Gasteiger partial charge in [-0.3, -0.25) is 0 Å². The van der Waals surface area contributed by atoms with Crippen LogP contribution >= 0.6 is 0 Å². The van der Waals surface area contributed by atoms with Crippen LogP contribution in [0, 0.1) is 6.92 Å². The van der Waals surface area contributed by atoms with E-state index in [0.717, 1.165) is 11.1 Å². The number of benzene rings is 2. The molecule has 0 bridgehead atoms. The van der Waals surface area contributed by atoms with Gasteiger partial charge in [0.1, 0.15) is 0 Å². The molecule has 0 fully saturated rings. The number of fused-ring (bicyclic) bond motifs is 1. The van der Waals surface area contributed by atoms with Gasteiger partial charge in [-0.15, -0.1) is 0 Å². The molecule has 84 valence electrons. The van der Waals surface area contributed by atoms with Crippen LogP contribution in [-0.4, -0.2) is 18.3 Å². The fourth-order valence-corrected chi connectivity index (χ4v) is 4.13. The van der Waals surface area contributed by atoms with Crippen molar-refractivity contribution in [3.05, 3.63) is 64.4 Å². The first-order valence-corrected chi connectivity index (χ1v) is 7.07. The maximum atomic E-state index is 12.3. The van der Waals surface area contributed by atoms with Crippen molar-refractivity contribution in [3.63, 3.8) is 0 Å². The van der Waals surface area contributed by atoms with E-state index in [0.29, 0.717) is 0 Å². The molecular weight excluding hydrogens is 277 g/mol. The number of nitrogens with zero attached hydrogens (tertiary/aromatic N) is 1. The zero-order valence-electron chi connectivity index (χ0n) is 9.38. The number of hydrogen-bond donors (Lipinski definition) is 0. The summed E-state index contributed by atoms with van der Waals surface area (Å²) in [7, 11) is 0. The van der Waals surface area contributed by atoms with Gasteiger partial charge in [0.05, 0.1) is 0 Å². The van der Waals surface area contributed by atoms with Gasteiger partial charge in [-0.25, -0.2) is 0 Å². The van der Waals surface area contributed by atoms with E-state index in [4.69, 9.17) is 0 Å². The fraction of sp³-hybridized carbons (Fsp3) is 0.0714. The quantitative estimate of drug-likeness (QED) is 0.630. The van der Waals surface area contributed by atoms with Crippen molar-refractivity contribution >= 4 is 24.4 Å². The molecule has 3 aromatic rings. The van der Waals surface area contributed by atoms with E-state index in [-0.39, 0.29) is 20.3 Å². The third kappa shape index (κ3) is 1.68. The molecule has 2 nitrogen and oxygen atoms in total. The topological polar surface area (TPSA) is 22.0 Å². The van der Waals surface area contributed by atoms with Crippen molar-refractivity contribution < 1.29 is 0 Å². The first-order chi connectivity index (χ1) is 8.27. The van der Waals surface area contributed by atoms with Gasteiger partial charge >= 0.3 is 105 Å². The minimum atomic E-state index is 0.0686. The summed E-state index contributed by atoms with van der Waals surface area (Å²) in [5.74, 6) is 0. The standard InChI is InChI=1S/C14H11NOSe/c1-10-6-5-9-12-13(10)17-15(14(12)16)11-7-3-2-4-8-11/h2-9H,1H3. The van der Waals surface area contributed by atoms with Gasteiger partial charge in [0, 0.05) is 0 Å². The van der Waals surface area contributed by atoms with Crippen LogP contribution in [-0.2, 0) is 0 Å². The molecule has 0 N–H and O–H groups in total. The number of para-hydroxylation sites is 1. The Hall–Kier alpha value is -1.57. The molecule has 0 atom stereocenters. The Morgan fingerprint density at radius 3 is 2.47 bits per heavy atom. The molecule has 0 aliphatic heterocycles. The van der Waals surface area contributed by atoms with Crippen LogP contribution in [0.5, 0.6) is 0 Å². The van der Waals surface area contributed by atoms with Crippen molar-refractivity contribution in [2.24, 2.45) is 0 Å². The third-order valence-corrected chi connectivity index (χ3v) is 5.49. The van der Waals surface area contributed by atoms with Crippen LogP contribution < -0.4 is 5.56 Å². The number of aromatic nitrogens is 1. The summed E-state index contributed by atoms with van der Waals surface area (Å²) in [6.45, 7) is 2.07. The van der Waals surface area contributed by atoms with Gasteiger partial charge in [0.25, 0.3) is 0 Å². The average molecular weight is 288 g/mol. The van der Waals surface area contributed by atoms with E-state index in [9.17, 15) is 4.79 Å². The monoisotopic (exact) mass is 289 g/mol. The summed E-state index contributed by atoms with van der Waals surface area (Å²) < 4.78 is 3.11. The number of hydrogen-bond acceptors (Lipinski definition) is 1. The third-order valence-electron chi connectivity index (χ3n) is 2.80. The average Bonchev–Trinajstić information content (AvgIpc) is 2.70. The van der Waals surface area contributed by atoms with E-state index in [1.807, 2.05) is 46.0 Å². The van der Waals surface area contributed by atoms with E-state index >= 15 is 0 Å². The summed E-state index contributed by atoms with van der Waals surface area (Å²) in [6.07, 6.45) is 0. The number of aryl methyl sites for hydroxylation is 1. The van der Waals surface area contributed by atoms with E-state index in [1.165, 1.54) is 9.82 Å². The molecule has 0 amide bonds. The van der Waals surface area contributed by atoms with Crippen LogP contribution in [0.3, 0.4) is 0 Å². The Kier molecular flexibility index (Phi) is 2.50. The van der Waals surface area contributed by atoms with Crippen LogP contribution in [0.25, 0.3) is 15.3 Å². The van der Waals surface area contributed by atoms with Gasteiger partial charge in [-0.1, -0.05) is 0 Å². The first-order valence-electron chi connectivity index (χ1n) is 5.44. The predicted molar refractivity (Wildman–Crippen MR) is 71.2 cm³/mol. The molecule has 1 aromatic heterocycles. The molecule has 0 unspecified atom stereocenters. The summed E-state index contributed by atoms with van der Waals surface area (Å²) in [6, 6.07) is 15.8. The SMILES string of the molecule is Cc1cccc2c(=O)n(-c3ccccc3)[se]c12. The van der Waals surface area contributed by atoms with Crippen LogP contribution in [0.2, 0.25) is 0 Å². The number of rotatable bonds is 1. The molecular formula is C14H11NOSe. The Balaban J connectivity index is 2.37. The van der Waals surface area contributed by atoms with Gasteiger partial charge in [-0.2, -0.15) is 0 Å². The Labute approximate surface area is 105 Å². The summed E-state index contributed by atoms with van der Waals surface area (Å²) >= 11 is 0.0686. The molecule has 3 heteroatoms. The Morgan fingerprint density at radius 1 is 1.00 bits per heavy atom. The summed E-state index contributed by atoms with van der Waals surface area (Å²) in [4.78, 5) is 12.3. The predicted octanol–water partition coefficient (Wildman–Crippen LogP) is 2.36. The van der Waals surface area contributed by atoms with Crippen LogP contribution in [0.15, 0.2) is 53.3 Å². The maximum absolute atomic E-state index is 12.3. The normalized spacial score (nSPS) is 10.9. The second kappa shape index (κ2) is 4.02. The molecule has 0 saturated carbocycles. The minimum absolute atomic E-state index is 0.0686. The molecule has 1 heterocycles. The van der Waals surface area contributed by atoms with E-state index in [1.54, 1.807) is 0 Å². The second-order valence-corrected chi connectivity index (χ2v) is 5.98. The molecule has 3 rings (SSSR count). The van der Waals surface area contributed by atoms with Crippen molar-refractivity contribution in [1.29, 1.82) is 0 Å². The van der Waals surface area contributed by atoms with Gasteiger partial charge in [-0.05, 0) is 0 Å². The van der Waals surface area contributed by atoms with Gasteiger partial charge in [0.15, 0.2) is 0 Å². The van der Waals surface area contributed by atoms with Crippen LogP contribution in [0.4, 0.5) is 0 Å². The molecule has 0 aliphatic rings. The van der Waals surface area contributed by atoms with Crippen molar-refractivity contribution in [2.45, 2.75) is 6.92 Å². The Morgan fingerprint density at radius 2 is 1.76 bits per heavy atom. The molecule has 17 heavy (non-hydrogen) atoms. The molecule has 2 aromatic carbocycles. The summed E-state index contributed by atoms with van der Waals surface area (Å²) in [5.41, 5.74) is 2.34. The van der Waals surface area contributed by atoms with Crippen molar-refractivity contribution in [2.75, 3.05) is 0 Å².